The van der Waals surface area contributed by atoms with E-state index >= 15 is 0 Å². The molecule has 0 unspecified atom stereocenters. The molecule has 1 aromatic heterocycles. The molecule has 4 rings (SSSR count). The lowest BCUT2D eigenvalue weighted by Gasteiger charge is -2.26. The Balaban J connectivity index is 1.77. The number of hydrogen-bond donors (Lipinski definition) is 1. The molecule has 5 nitrogen and oxygen atoms in total. The van der Waals surface area contributed by atoms with Crippen LogP contribution in [0.3, 0.4) is 0 Å². The zero-order valence-corrected chi connectivity index (χ0v) is 15.5. The normalized spacial score (nSPS) is 16.6. The van der Waals surface area contributed by atoms with E-state index in [1.807, 2.05) is 60.7 Å². The zero-order chi connectivity index (χ0) is 20.2. The maximum Gasteiger partial charge on any atom is 0.294 e. The topological polar surface area (TPSA) is 70.5 Å². The largest absolute Gasteiger partial charge is 0.503 e. The minimum absolute atomic E-state index is 0.0530. The summed E-state index contributed by atoms with van der Waals surface area (Å²) < 4.78 is 0. The highest BCUT2D eigenvalue weighted by Crippen LogP contribution is 2.40. The quantitative estimate of drug-likeness (QED) is 0.669. The molecule has 142 valence electrons. The van der Waals surface area contributed by atoms with E-state index in [2.05, 4.69) is 4.98 Å². The smallest absolute Gasteiger partial charge is 0.294 e. The van der Waals surface area contributed by atoms with Crippen molar-refractivity contribution in [2.75, 3.05) is 4.90 Å². The molecule has 0 saturated heterocycles. The molecule has 3 aromatic rings. The summed E-state index contributed by atoms with van der Waals surface area (Å²) in [7, 11) is 0. The van der Waals surface area contributed by atoms with Crippen LogP contribution in [-0.4, -0.2) is 21.8 Å². The van der Waals surface area contributed by atoms with Crippen LogP contribution in [0.15, 0.2) is 103 Å². The van der Waals surface area contributed by atoms with E-state index < -0.39 is 23.5 Å². The number of nitrogens with zero attached hydrogens (tertiary/aromatic N) is 2. The van der Waals surface area contributed by atoms with Crippen molar-refractivity contribution < 1.29 is 14.7 Å². The Morgan fingerprint density at radius 3 is 2.31 bits per heavy atom. The van der Waals surface area contributed by atoms with E-state index in [0.717, 1.165) is 11.1 Å². The fourth-order valence-electron chi connectivity index (χ4n) is 3.40. The van der Waals surface area contributed by atoms with Crippen LogP contribution >= 0.6 is 0 Å². The molecule has 0 bridgehead atoms. The molecule has 1 N–H and O–H groups in total. The van der Waals surface area contributed by atoms with Gasteiger partial charge in [-0.05, 0) is 29.3 Å². The third kappa shape index (κ3) is 3.58. The molecule has 0 saturated carbocycles. The van der Waals surface area contributed by atoms with Crippen LogP contribution in [0, 0.1) is 0 Å². The number of benzene rings is 2. The first-order valence-corrected chi connectivity index (χ1v) is 9.16. The van der Waals surface area contributed by atoms with Crippen molar-refractivity contribution in [1.82, 2.24) is 4.98 Å². The number of anilines is 1. The summed E-state index contributed by atoms with van der Waals surface area (Å²) in [5.74, 6) is -1.58. The van der Waals surface area contributed by atoms with Crippen LogP contribution in [0.4, 0.5) is 5.69 Å². The number of allylic oxidation sites excluding steroid dienone is 1. The molecular formula is C24H18N2O3. The summed E-state index contributed by atoms with van der Waals surface area (Å²) >= 11 is 0. The zero-order valence-electron chi connectivity index (χ0n) is 15.5. The molecule has 0 spiro atoms. The molecule has 29 heavy (non-hydrogen) atoms. The molecular weight excluding hydrogens is 364 g/mol. The van der Waals surface area contributed by atoms with Crippen LogP contribution < -0.4 is 4.90 Å². The van der Waals surface area contributed by atoms with Gasteiger partial charge in [-0.25, -0.2) is 0 Å². The Morgan fingerprint density at radius 2 is 1.66 bits per heavy atom. The van der Waals surface area contributed by atoms with E-state index in [1.54, 1.807) is 24.4 Å². The Labute approximate surface area is 168 Å². The maximum absolute atomic E-state index is 13.0. The van der Waals surface area contributed by atoms with Crippen LogP contribution in [0.25, 0.3) is 6.08 Å². The third-order valence-corrected chi connectivity index (χ3v) is 4.74. The predicted octanol–water partition coefficient (Wildman–Crippen LogP) is 4.26. The summed E-state index contributed by atoms with van der Waals surface area (Å²) in [6.07, 6.45) is 6.19. The first-order valence-electron chi connectivity index (χ1n) is 9.16. The van der Waals surface area contributed by atoms with Gasteiger partial charge in [0.25, 0.3) is 5.91 Å². The van der Waals surface area contributed by atoms with E-state index in [4.69, 9.17) is 0 Å². The predicted molar refractivity (Wildman–Crippen MR) is 111 cm³/mol. The number of carbonyl (C=O) groups is 2. The maximum atomic E-state index is 13.0. The molecule has 1 aliphatic heterocycles. The molecule has 1 atom stereocenters. The minimum Gasteiger partial charge on any atom is -0.503 e. The van der Waals surface area contributed by atoms with Crippen molar-refractivity contribution in [3.05, 3.63) is 114 Å². The van der Waals surface area contributed by atoms with Gasteiger partial charge in [0.15, 0.2) is 11.5 Å². The highest BCUT2D eigenvalue weighted by atomic mass is 16.3. The average molecular weight is 382 g/mol. The molecule has 0 aliphatic carbocycles. The van der Waals surface area contributed by atoms with Gasteiger partial charge in [-0.3, -0.25) is 19.5 Å². The van der Waals surface area contributed by atoms with Gasteiger partial charge in [0, 0.05) is 6.20 Å². The van der Waals surface area contributed by atoms with Crippen LogP contribution in [-0.2, 0) is 9.59 Å². The number of ketones is 1. The second kappa shape index (κ2) is 7.94. The molecule has 1 aliphatic rings. The molecule has 0 radical (unpaired) electrons. The number of aliphatic hydroxyl groups is 1. The van der Waals surface area contributed by atoms with Gasteiger partial charge < -0.3 is 5.11 Å². The average Bonchev–Trinajstić information content (AvgIpc) is 3.05. The lowest BCUT2D eigenvalue weighted by molar-refractivity contribution is -0.117. The number of carbonyl (C=O) groups excluding carboxylic acids is 2. The SMILES string of the molecule is O=C(/C=C/c1ccccc1)C1=C(O)C(=O)N(c2cccnc2)[C@H]1c1ccccc1. The van der Waals surface area contributed by atoms with E-state index in [9.17, 15) is 14.7 Å². The fraction of sp³-hybridized carbons (Fsp3) is 0.0417. The van der Waals surface area contributed by atoms with Crippen molar-refractivity contribution >= 4 is 23.5 Å². The van der Waals surface area contributed by atoms with E-state index in [0.29, 0.717) is 5.69 Å². The van der Waals surface area contributed by atoms with Gasteiger partial charge in [-0.15, -0.1) is 0 Å². The van der Waals surface area contributed by atoms with Crippen LogP contribution in [0.2, 0.25) is 0 Å². The van der Waals surface area contributed by atoms with Gasteiger partial charge in [0.05, 0.1) is 23.5 Å². The van der Waals surface area contributed by atoms with Crippen molar-refractivity contribution in [2.45, 2.75) is 6.04 Å². The molecule has 2 aromatic carbocycles. The van der Waals surface area contributed by atoms with Gasteiger partial charge in [-0.2, -0.15) is 0 Å². The number of aromatic nitrogens is 1. The number of aliphatic hydroxyl groups excluding tert-OH is 1. The summed E-state index contributed by atoms with van der Waals surface area (Å²) in [4.78, 5) is 31.4. The monoisotopic (exact) mass is 382 g/mol. The third-order valence-electron chi connectivity index (χ3n) is 4.74. The summed E-state index contributed by atoms with van der Waals surface area (Å²) in [6.45, 7) is 0. The van der Waals surface area contributed by atoms with Gasteiger partial charge in [-0.1, -0.05) is 66.7 Å². The summed E-state index contributed by atoms with van der Waals surface area (Å²) in [5, 5.41) is 10.6. The van der Waals surface area contributed by atoms with Crippen molar-refractivity contribution in [3.63, 3.8) is 0 Å². The molecule has 0 fully saturated rings. The van der Waals surface area contributed by atoms with E-state index in [-0.39, 0.29) is 5.57 Å². The lowest BCUT2D eigenvalue weighted by Crippen LogP contribution is -2.30. The van der Waals surface area contributed by atoms with Crippen molar-refractivity contribution in [3.8, 4) is 0 Å². The highest BCUT2D eigenvalue weighted by Gasteiger charge is 2.43. The first kappa shape index (κ1) is 18.4. The Kier molecular flexibility index (Phi) is 5.03. The molecule has 5 heteroatoms. The van der Waals surface area contributed by atoms with Crippen LogP contribution in [0.1, 0.15) is 17.2 Å². The number of pyridine rings is 1. The molecule has 2 heterocycles. The molecule has 1 amide bonds. The van der Waals surface area contributed by atoms with Crippen LogP contribution in [0.5, 0.6) is 0 Å². The Hall–Kier alpha value is -3.99. The summed E-state index contributed by atoms with van der Waals surface area (Å²) in [5.41, 5.74) is 2.14. The first-order chi connectivity index (χ1) is 14.2. The van der Waals surface area contributed by atoms with Gasteiger partial charge in [0.1, 0.15) is 0 Å². The van der Waals surface area contributed by atoms with Crippen molar-refractivity contribution in [1.29, 1.82) is 0 Å². The van der Waals surface area contributed by atoms with Gasteiger partial charge in [0.2, 0.25) is 0 Å². The lowest BCUT2D eigenvalue weighted by atomic mass is 9.95. The fourth-order valence-corrected chi connectivity index (χ4v) is 3.40. The minimum atomic E-state index is -0.735. The van der Waals surface area contributed by atoms with Crippen molar-refractivity contribution in [2.24, 2.45) is 0 Å². The Morgan fingerprint density at radius 1 is 0.966 bits per heavy atom. The second-order valence-electron chi connectivity index (χ2n) is 6.57. The standard InChI is InChI=1S/C24H18N2O3/c27-20(14-13-17-8-3-1-4-9-17)21-22(18-10-5-2-6-11-18)26(24(29)23(21)28)19-12-7-15-25-16-19/h1-16,22,28H/b14-13+/t22-/m0/s1. The highest BCUT2D eigenvalue weighted by molar-refractivity contribution is 6.19. The second-order valence-corrected chi connectivity index (χ2v) is 6.57. The van der Waals surface area contributed by atoms with E-state index in [1.165, 1.54) is 17.2 Å². The number of rotatable bonds is 5. The van der Waals surface area contributed by atoms with Gasteiger partial charge >= 0.3 is 0 Å². The number of hydrogen-bond acceptors (Lipinski definition) is 4. The Bertz CT molecular complexity index is 1090. The summed E-state index contributed by atoms with van der Waals surface area (Å²) in [6, 6.07) is 21.2. The number of amides is 1.